The SMILES string of the molecule is CCC(C)NC(=O)Cn1nc(C)c(N)c1C. The van der Waals surface area contributed by atoms with E-state index < -0.39 is 0 Å². The minimum absolute atomic E-state index is 0.0278. The summed E-state index contributed by atoms with van der Waals surface area (Å²) in [6.45, 7) is 7.95. The molecular formula is C11H20N4O. The summed E-state index contributed by atoms with van der Waals surface area (Å²) in [6.07, 6.45) is 0.922. The molecule has 3 N–H and O–H groups in total. The maximum Gasteiger partial charge on any atom is 0.241 e. The van der Waals surface area contributed by atoms with E-state index in [2.05, 4.69) is 10.4 Å². The lowest BCUT2D eigenvalue weighted by Crippen LogP contribution is -2.35. The van der Waals surface area contributed by atoms with Crippen LogP contribution in [0.3, 0.4) is 0 Å². The second-order valence-electron chi connectivity index (χ2n) is 4.12. The fraction of sp³-hybridized carbons (Fsp3) is 0.636. The number of carbonyl (C=O) groups is 1. The third kappa shape index (κ3) is 2.74. The highest BCUT2D eigenvalue weighted by molar-refractivity contribution is 5.76. The van der Waals surface area contributed by atoms with Gasteiger partial charge in [-0.05, 0) is 27.2 Å². The van der Waals surface area contributed by atoms with E-state index in [9.17, 15) is 4.79 Å². The second-order valence-corrected chi connectivity index (χ2v) is 4.12. The highest BCUT2D eigenvalue weighted by Gasteiger charge is 2.12. The predicted octanol–water partition coefficient (Wildman–Crippen LogP) is 0.997. The molecule has 1 heterocycles. The van der Waals surface area contributed by atoms with Crippen molar-refractivity contribution >= 4 is 11.6 Å². The third-order valence-electron chi connectivity index (χ3n) is 2.75. The first-order chi connectivity index (χ1) is 7.45. The van der Waals surface area contributed by atoms with Gasteiger partial charge < -0.3 is 11.1 Å². The van der Waals surface area contributed by atoms with Crippen molar-refractivity contribution in [1.82, 2.24) is 15.1 Å². The van der Waals surface area contributed by atoms with Crippen molar-refractivity contribution in [2.45, 2.75) is 46.7 Å². The monoisotopic (exact) mass is 224 g/mol. The summed E-state index contributed by atoms with van der Waals surface area (Å²) in [5, 5.41) is 7.11. The van der Waals surface area contributed by atoms with Crippen LogP contribution in [0.5, 0.6) is 0 Å². The van der Waals surface area contributed by atoms with Gasteiger partial charge >= 0.3 is 0 Å². The van der Waals surface area contributed by atoms with Crippen molar-refractivity contribution in [3.05, 3.63) is 11.4 Å². The van der Waals surface area contributed by atoms with Crippen LogP contribution in [0.25, 0.3) is 0 Å². The van der Waals surface area contributed by atoms with Crippen LogP contribution in [-0.4, -0.2) is 21.7 Å². The molecule has 1 rings (SSSR count). The lowest BCUT2D eigenvalue weighted by atomic mass is 10.2. The standard InChI is InChI=1S/C11H20N4O/c1-5-7(2)13-10(16)6-15-9(4)11(12)8(3)14-15/h7H,5-6,12H2,1-4H3,(H,13,16). The van der Waals surface area contributed by atoms with E-state index >= 15 is 0 Å². The molecule has 0 aromatic carbocycles. The fourth-order valence-corrected chi connectivity index (χ4v) is 1.42. The van der Waals surface area contributed by atoms with Gasteiger partial charge in [0.1, 0.15) is 6.54 Å². The van der Waals surface area contributed by atoms with Gasteiger partial charge in [0.05, 0.1) is 17.1 Å². The van der Waals surface area contributed by atoms with Gasteiger partial charge in [-0.1, -0.05) is 6.92 Å². The Morgan fingerprint density at radius 1 is 1.56 bits per heavy atom. The zero-order chi connectivity index (χ0) is 12.3. The van der Waals surface area contributed by atoms with Gasteiger partial charge in [-0.15, -0.1) is 0 Å². The molecule has 1 atom stereocenters. The molecule has 0 saturated heterocycles. The molecule has 1 aromatic heterocycles. The highest BCUT2D eigenvalue weighted by Crippen LogP contribution is 2.14. The number of hydrogen-bond acceptors (Lipinski definition) is 3. The molecule has 0 saturated carbocycles. The zero-order valence-electron chi connectivity index (χ0n) is 10.4. The van der Waals surface area contributed by atoms with Crippen LogP contribution in [0, 0.1) is 13.8 Å². The van der Waals surface area contributed by atoms with Gasteiger partial charge in [0.2, 0.25) is 5.91 Å². The van der Waals surface area contributed by atoms with E-state index in [-0.39, 0.29) is 18.5 Å². The maximum absolute atomic E-state index is 11.6. The summed E-state index contributed by atoms with van der Waals surface area (Å²) < 4.78 is 1.64. The number of aryl methyl sites for hydroxylation is 1. The van der Waals surface area contributed by atoms with Gasteiger partial charge in [0.25, 0.3) is 0 Å². The fourth-order valence-electron chi connectivity index (χ4n) is 1.42. The lowest BCUT2D eigenvalue weighted by Gasteiger charge is -2.11. The number of hydrogen-bond donors (Lipinski definition) is 2. The Morgan fingerprint density at radius 2 is 2.19 bits per heavy atom. The molecule has 0 aliphatic heterocycles. The van der Waals surface area contributed by atoms with Crippen molar-refractivity contribution in [3.8, 4) is 0 Å². The van der Waals surface area contributed by atoms with Gasteiger partial charge in [-0.2, -0.15) is 5.10 Å². The Bertz CT molecular complexity index is 384. The van der Waals surface area contributed by atoms with E-state index in [4.69, 9.17) is 5.73 Å². The minimum atomic E-state index is -0.0278. The number of amides is 1. The molecule has 0 bridgehead atoms. The van der Waals surface area contributed by atoms with Crippen molar-refractivity contribution in [2.75, 3.05) is 5.73 Å². The van der Waals surface area contributed by atoms with E-state index in [0.717, 1.165) is 17.8 Å². The number of rotatable bonds is 4. The average Bonchev–Trinajstić information content (AvgIpc) is 2.46. The summed E-state index contributed by atoms with van der Waals surface area (Å²) in [4.78, 5) is 11.6. The third-order valence-corrected chi connectivity index (χ3v) is 2.75. The smallest absolute Gasteiger partial charge is 0.241 e. The van der Waals surface area contributed by atoms with Crippen LogP contribution in [0.4, 0.5) is 5.69 Å². The average molecular weight is 224 g/mol. The number of nitrogens with two attached hydrogens (primary N) is 1. The number of nitrogens with zero attached hydrogens (tertiary/aromatic N) is 2. The molecule has 0 aliphatic rings. The number of nitrogen functional groups attached to an aromatic ring is 1. The topological polar surface area (TPSA) is 72.9 Å². The largest absolute Gasteiger partial charge is 0.396 e. The molecule has 90 valence electrons. The van der Waals surface area contributed by atoms with E-state index in [1.165, 1.54) is 0 Å². The number of carbonyl (C=O) groups excluding carboxylic acids is 1. The van der Waals surface area contributed by atoms with E-state index in [0.29, 0.717) is 5.69 Å². The Labute approximate surface area is 96.0 Å². The quantitative estimate of drug-likeness (QED) is 0.801. The van der Waals surface area contributed by atoms with Gasteiger partial charge in [-0.25, -0.2) is 0 Å². The molecule has 0 spiro atoms. The number of anilines is 1. The Kier molecular flexibility index (Phi) is 3.93. The molecule has 1 aromatic rings. The van der Waals surface area contributed by atoms with Crippen LogP contribution in [0.2, 0.25) is 0 Å². The lowest BCUT2D eigenvalue weighted by molar-refractivity contribution is -0.122. The molecule has 0 radical (unpaired) electrons. The summed E-state index contributed by atoms with van der Waals surface area (Å²) in [6, 6.07) is 0.196. The second kappa shape index (κ2) is 5.01. The van der Waals surface area contributed by atoms with E-state index in [1.807, 2.05) is 27.7 Å². The van der Waals surface area contributed by atoms with E-state index in [1.54, 1.807) is 4.68 Å². The Hall–Kier alpha value is -1.52. The minimum Gasteiger partial charge on any atom is -0.396 e. The Balaban J connectivity index is 2.66. The zero-order valence-corrected chi connectivity index (χ0v) is 10.4. The molecule has 0 aliphatic carbocycles. The molecule has 16 heavy (non-hydrogen) atoms. The van der Waals surface area contributed by atoms with Gasteiger partial charge in [-0.3, -0.25) is 9.48 Å². The summed E-state index contributed by atoms with van der Waals surface area (Å²) >= 11 is 0. The summed E-state index contributed by atoms with van der Waals surface area (Å²) in [5.74, 6) is -0.0278. The number of aromatic nitrogens is 2. The summed E-state index contributed by atoms with van der Waals surface area (Å²) in [7, 11) is 0. The first-order valence-corrected chi connectivity index (χ1v) is 5.54. The molecule has 5 heteroatoms. The highest BCUT2D eigenvalue weighted by atomic mass is 16.2. The Morgan fingerprint density at radius 3 is 2.62 bits per heavy atom. The van der Waals surface area contributed by atoms with Crippen LogP contribution >= 0.6 is 0 Å². The first kappa shape index (κ1) is 12.5. The molecule has 0 fully saturated rings. The maximum atomic E-state index is 11.6. The predicted molar refractivity (Wildman–Crippen MR) is 64.0 cm³/mol. The van der Waals surface area contributed by atoms with Gasteiger partial charge in [0, 0.05) is 6.04 Å². The molecule has 1 unspecified atom stereocenters. The molecule has 5 nitrogen and oxygen atoms in total. The molecule has 1 amide bonds. The van der Waals surface area contributed by atoms with Gasteiger partial charge in [0.15, 0.2) is 0 Å². The van der Waals surface area contributed by atoms with Crippen LogP contribution in [0.15, 0.2) is 0 Å². The summed E-state index contributed by atoms with van der Waals surface area (Å²) in [5.41, 5.74) is 8.07. The van der Waals surface area contributed by atoms with Crippen molar-refractivity contribution < 1.29 is 4.79 Å². The van der Waals surface area contributed by atoms with Crippen LogP contribution in [-0.2, 0) is 11.3 Å². The van der Waals surface area contributed by atoms with Crippen molar-refractivity contribution in [3.63, 3.8) is 0 Å². The van der Waals surface area contributed by atoms with Crippen LogP contribution < -0.4 is 11.1 Å². The number of nitrogens with one attached hydrogen (secondary N) is 1. The van der Waals surface area contributed by atoms with Crippen LogP contribution in [0.1, 0.15) is 31.7 Å². The normalized spacial score (nSPS) is 12.5. The first-order valence-electron chi connectivity index (χ1n) is 5.54. The molecular weight excluding hydrogens is 204 g/mol. The van der Waals surface area contributed by atoms with Crippen molar-refractivity contribution in [1.29, 1.82) is 0 Å². The van der Waals surface area contributed by atoms with Crippen molar-refractivity contribution in [2.24, 2.45) is 0 Å².